The van der Waals surface area contributed by atoms with Crippen molar-refractivity contribution < 1.29 is 4.39 Å². The summed E-state index contributed by atoms with van der Waals surface area (Å²) in [6.45, 7) is 1.79. The minimum Gasteiger partial charge on any atom is -0.258 e. The van der Waals surface area contributed by atoms with E-state index >= 15 is 0 Å². The minimum atomic E-state index is -0.683. The summed E-state index contributed by atoms with van der Waals surface area (Å²) in [5, 5.41) is -0.220. The fourth-order valence-electron chi connectivity index (χ4n) is 1.04. The van der Waals surface area contributed by atoms with Gasteiger partial charge in [0.05, 0.1) is 11.9 Å². The molecule has 0 fully saturated rings. The lowest BCUT2D eigenvalue weighted by molar-refractivity contribution is 0.617. The quantitative estimate of drug-likeness (QED) is 0.696. The van der Waals surface area contributed by atoms with E-state index in [1.54, 1.807) is 6.92 Å². The van der Waals surface area contributed by atoms with E-state index in [1.807, 2.05) is 0 Å². The maximum Gasteiger partial charge on any atom is 0.188 e. The Hall–Kier alpha value is -1.62. The third-order valence-electron chi connectivity index (χ3n) is 1.77. The smallest absolute Gasteiger partial charge is 0.188 e. The number of rotatable bonds is 1. The first-order valence-corrected chi connectivity index (χ1v) is 4.51. The molecule has 0 saturated heterocycles. The second kappa shape index (κ2) is 3.86. The van der Waals surface area contributed by atoms with Crippen LogP contribution >= 0.6 is 11.6 Å². The van der Waals surface area contributed by atoms with Crippen LogP contribution in [0.4, 0.5) is 4.39 Å². The van der Waals surface area contributed by atoms with Crippen molar-refractivity contribution in [2.75, 3.05) is 0 Å². The highest BCUT2D eigenvalue weighted by Crippen LogP contribution is 2.21. The van der Waals surface area contributed by atoms with E-state index in [0.29, 0.717) is 5.69 Å². The van der Waals surface area contributed by atoms with Crippen molar-refractivity contribution in [3.05, 3.63) is 35.4 Å². The van der Waals surface area contributed by atoms with Crippen LogP contribution in [-0.2, 0) is 0 Å². The van der Waals surface area contributed by atoms with Gasteiger partial charge in [-0.05, 0) is 6.92 Å². The van der Waals surface area contributed by atoms with Gasteiger partial charge in [-0.25, -0.2) is 14.4 Å². The number of hydrogen-bond acceptors (Lipinski definition) is 4. The standard InChI is InChI=1S/C9H6ClFN4/c1-5-2-13-6(3-12-5)8-7(11)9(10)15-4-14-8/h2-4H,1H3. The molecule has 2 rings (SSSR count). The first kappa shape index (κ1) is 9.92. The lowest BCUT2D eigenvalue weighted by Gasteiger charge is -2.01. The summed E-state index contributed by atoms with van der Waals surface area (Å²) in [5.74, 6) is -0.683. The summed E-state index contributed by atoms with van der Waals surface area (Å²) in [6.07, 6.45) is 4.16. The van der Waals surface area contributed by atoms with E-state index in [-0.39, 0.29) is 10.8 Å². The van der Waals surface area contributed by atoms with Gasteiger partial charge in [0, 0.05) is 6.20 Å². The molecule has 76 valence electrons. The second-order valence-electron chi connectivity index (χ2n) is 2.87. The number of aromatic nitrogens is 4. The van der Waals surface area contributed by atoms with Crippen molar-refractivity contribution in [2.24, 2.45) is 0 Å². The summed E-state index contributed by atoms with van der Waals surface area (Å²) >= 11 is 5.52. The molecule has 0 aliphatic heterocycles. The van der Waals surface area contributed by atoms with Gasteiger partial charge >= 0.3 is 0 Å². The molecule has 0 aromatic carbocycles. The largest absolute Gasteiger partial charge is 0.258 e. The number of halogens is 2. The topological polar surface area (TPSA) is 51.6 Å². The number of hydrogen-bond donors (Lipinski definition) is 0. The number of aryl methyl sites for hydroxylation is 1. The van der Waals surface area contributed by atoms with Crippen LogP contribution < -0.4 is 0 Å². The van der Waals surface area contributed by atoms with Crippen molar-refractivity contribution in [3.8, 4) is 11.4 Å². The highest BCUT2D eigenvalue weighted by molar-refractivity contribution is 6.29. The molecule has 0 radical (unpaired) electrons. The Bertz CT molecular complexity index is 486. The molecule has 6 heteroatoms. The zero-order chi connectivity index (χ0) is 10.8. The monoisotopic (exact) mass is 224 g/mol. The fraction of sp³-hybridized carbons (Fsp3) is 0.111. The summed E-state index contributed by atoms with van der Waals surface area (Å²) in [7, 11) is 0. The van der Waals surface area contributed by atoms with Gasteiger partial charge in [0.2, 0.25) is 0 Å². The van der Waals surface area contributed by atoms with Gasteiger partial charge in [0.15, 0.2) is 11.0 Å². The van der Waals surface area contributed by atoms with E-state index in [0.717, 1.165) is 5.69 Å². The molecule has 0 aliphatic rings. The van der Waals surface area contributed by atoms with Crippen LogP contribution in [-0.4, -0.2) is 19.9 Å². The van der Waals surface area contributed by atoms with E-state index in [4.69, 9.17) is 11.6 Å². The minimum absolute atomic E-state index is 0.0579. The van der Waals surface area contributed by atoms with E-state index in [1.165, 1.54) is 18.7 Å². The summed E-state index contributed by atoms with van der Waals surface area (Å²) < 4.78 is 13.5. The van der Waals surface area contributed by atoms with Gasteiger partial charge < -0.3 is 0 Å². The Morgan fingerprint density at radius 3 is 2.60 bits per heavy atom. The predicted molar refractivity (Wildman–Crippen MR) is 52.8 cm³/mol. The molecule has 4 nitrogen and oxygen atoms in total. The first-order valence-electron chi connectivity index (χ1n) is 4.13. The lowest BCUT2D eigenvalue weighted by Crippen LogP contribution is -1.96. The van der Waals surface area contributed by atoms with Crippen molar-refractivity contribution in [2.45, 2.75) is 6.92 Å². The molecular formula is C9H6ClFN4. The van der Waals surface area contributed by atoms with Crippen molar-refractivity contribution in [1.82, 2.24) is 19.9 Å². The second-order valence-corrected chi connectivity index (χ2v) is 3.23. The first-order chi connectivity index (χ1) is 7.18. The van der Waals surface area contributed by atoms with Crippen molar-refractivity contribution >= 4 is 11.6 Å². The molecule has 2 heterocycles. The maximum absolute atomic E-state index is 13.5. The molecule has 0 aliphatic carbocycles. The Balaban J connectivity index is 2.54. The van der Waals surface area contributed by atoms with E-state index in [9.17, 15) is 4.39 Å². The molecule has 0 bridgehead atoms. The van der Waals surface area contributed by atoms with Gasteiger partial charge in [-0.1, -0.05) is 11.6 Å². The van der Waals surface area contributed by atoms with Crippen LogP contribution in [0.15, 0.2) is 18.7 Å². The lowest BCUT2D eigenvalue weighted by atomic mass is 10.3. The Morgan fingerprint density at radius 1 is 1.13 bits per heavy atom. The Labute approximate surface area is 90.2 Å². The van der Waals surface area contributed by atoms with Crippen LogP contribution in [0, 0.1) is 12.7 Å². The predicted octanol–water partition coefficient (Wildman–Crippen LogP) is 2.03. The van der Waals surface area contributed by atoms with Crippen LogP contribution in [0.2, 0.25) is 5.15 Å². The Kier molecular flexibility index (Phi) is 2.55. The molecule has 0 saturated carbocycles. The zero-order valence-electron chi connectivity index (χ0n) is 7.78. The average molecular weight is 225 g/mol. The van der Waals surface area contributed by atoms with Crippen LogP contribution in [0.5, 0.6) is 0 Å². The normalized spacial score (nSPS) is 10.3. The molecule has 0 amide bonds. The van der Waals surface area contributed by atoms with Gasteiger partial charge in [0.25, 0.3) is 0 Å². The fourth-order valence-corrected chi connectivity index (χ4v) is 1.17. The van der Waals surface area contributed by atoms with E-state index < -0.39 is 5.82 Å². The van der Waals surface area contributed by atoms with Crippen molar-refractivity contribution in [1.29, 1.82) is 0 Å². The maximum atomic E-state index is 13.5. The third-order valence-corrected chi connectivity index (χ3v) is 2.03. The number of nitrogens with zero attached hydrogens (tertiary/aromatic N) is 4. The highest BCUT2D eigenvalue weighted by Gasteiger charge is 2.12. The molecule has 2 aromatic heterocycles. The SMILES string of the molecule is Cc1cnc(-c2ncnc(Cl)c2F)cn1. The molecular weight excluding hydrogens is 219 g/mol. The van der Waals surface area contributed by atoms with E-state index in [2.05, 4.69) is 19.9 Å². The third kappa shape index (κ3) is 1.92. The van der Waals surface area contributed by atoms with Crippen molar-refractivity contribution in [3.63, 3.8) is 0 Å². The highest BCUT2D eigenvalue weighted by atomic mass is 35.5. The molecule has 0 atom stereocenters. The summed E-state index contributed by atoms with van der Waals surface area (Å²) in [6, 6.07) is 0. The molecule has 15 heavy (non-hydrogen) atoms. The van der Waals surface area contributed by atoms with Gasteiger partial charge in [-0.15, -0.1) is 0 Å². The van der Waals surface area contributed by atoms with Crippen LogP contribution in [0.3, 0.4) is 0 Å². The Morgan fingerprint density at radius 2 is 1.93 bits per heavy atom. The zero-order valence-corrected chi connectivity index (χ0v) is 8.53. The molecule has 0 N–H and O–H groups in total. The molecule has 0 spiro atoms. The average Bonchev–Trinajstić information content (AvgIpc) is 2.24. The van der Waals surface area contributed by atoms with Gasteiger partial charge in [-0.3, -0.25) is 9.97 Å². The summed E-state index contributed by atoms with van der Waals surface area (Å²) in [4.78, 5) is 15.3. The molecule has 2 aromatic rings. The van der Waals surface area contributed by atoms with Gasteiger partial charge in [-0.2, -0.15) is 0 Å². The molecule has 0 unspecified atom stereocenters. The summed E-state index contributed by atoms with van der Waals surface area (Å²) in [5.41, 5.74) is 1.14. The van der Waals surface area contributed by atoms with Crippen LogP contribution in [0.25, 0.3) is 11.4 Å². The van der Waals surface area contributed by atoms with Crippen LogP contribution in [0.1, 0.15) is 5.69 Å². The van der Waals surface area contributed by atoms with Gasteiger partial charge in [0.1, 0.15) is 17.7 Å².